The molecule has 0 saturated carbocycles. The molecule has 2 unspecified atom stereocenters. The maximum atomic E-state index is 13.6. The topological polar surface area (TPSA) is 49.8 Å². The fraction of sp³-hybridized carbons (Fsp3) is 0.533. The number of benzene rings is 1. The molecule has 1 saturated heterocycles. The minimum Gasteiger partial charge on any atom is -0.478 e. The lowest BCUT2D eigenvalue weighted by atomic mass is 9.95. The van der Waals surface area contributed by atoms with Crippen LogP contribution in [0, 0.1) is 11.7 Å². The summed E-state index contributed by atoms with van der Waals surface area (Å²) in [6.07, 6.45) is 1.25. The van der Waals surface area contributed by atoms with Gasteiger partial charge in [-0.15, -0.1) is 0 Å². The maximum Gasteiger partial charge on any atom is 0.338 e. The van der Waals surface area contributed by atoms with Gasteiger partial charge in [0.15, 0.2) is 0 Å². The first-order valence-electron chi connectivity index (χ1n) is 6.78. The normalized spacial score (nSPS) is 23.8. The van der Waals surface area contributed by atoms with Crippen molar-refractivity contribution in [3.63, 3.8) is 0 Å². The SMILES string of the molecule is COC1CN(Cc2ccc(C(=O)O)c(F)c2)CCC1C. The Morgan fingerprint density at radius 3 is 2.90 bits per heavy atom. The maximum absolute atomic E-state index is 13.6. The zero-order valence-electron chi connectivity index (χ0n) is 11.8. The Kier molecular flexibility index (Phi) is 4.73. The van der Waals surface area contributed by atoms with Gasteiger partial charge in [0.2, 0.25) is 0 Å². The molecule has 4 nitrogen and oxygen atoms in total. The Morgan fingerprint density at radius 2 is 2.30 bits per heavy atom. The Balaban J connectivity index is 2.03. The smallest absolute Gasteiger partial charge is 0.338 e. The lowest BCUT2D eigenvalue weighted by Gasteiger charge is -2.36. The molecule has 0 amide bonds. The lowest BCUT2D eigenvalue weighted by molar-refractivity contribution is -0.00746. The Morgan fingerprint density at radius 1 is 1.55 bits per heavy atom. The van der Waals surface area contributed by atoms with E-state index >= 15 is 0 Å². The lowest BCUT2D eigenvalue weighted by Crippen LogP contribution is -2.43. The van der Waals surface area contributed by atoms with Crippen molar-refractivity contribution in [3.05, 3.63) is 35.1 Å². The first kappa shape index (κ1) is 14.9. The van der Waals surface area contributed by atoms with Gasteiger partial charge in [-0.05, 0) is 36.6 Å². The van der Waals surface area contributed by atoms with E-state index in [1.54, 1.807) is 13.2 Å². The standard InChI is InChI=1S/C15H20FNO3/c1-10-5-6-17(9-14(10)20-2)8-11-3-4-12(15(18)19)13(16)7-11/h3-4,7,10,14H,5-6,8-9H2,1-2H3,(H,18,19). The molecular weight excluding hydrogens is 261 g/mol. The first-order valence-corrected chi connectivity index (χ1v) is 6.78. The Hall–Kier alpha value is -1.46. The van der Waals surface area contributed by atoms with Crippen LogP contribution in [0.4, 0.5) is 4.39 Å². The van der Waals surface area contributed by atoms with Gasteiger partial charge in [0.25, 0.3) is 0 Å². The number of hydrogen-bond donors (Lipinski definition) is 1. The number of carbonyl (C=O) groups is 1. The van der Waals surface area contributed by atoms with Crippen molar-refractivity contribution in [1.82, 2.24) is 4.90 Å². The molecule has 1 aliphatic heterocycles. The van der Waals surface area contributed by atoms with E-state index in [1.807, 2.05) is 0 Å². The molecule has 1 fully saturated rings. The number of ether oxygens (including phenoxy) is 1. The van der Waals surface area contributed by atoms with Crippen molar-refractivity contribution >= 4 is 5.97 Å². The average Bonchev–Trinajstić information content (AvgIpc) is 2.40. The number of hydrogen-bond acceptors (Lipinski definition) is 3. The van der Waals surface area contributed by atoms with E-state index < -0.39 is 11.8 Å². The molecular formula is C15H20FNO3. The summed E-state index contributed by atoms with van der Waals surface area (Å²) in [6.45, 7) is 4.56. The van der Waals surface area contributed by atoms with E-state index in [9.17, 15) is 9.18 Å². The summed E-state index contributed by atoms with van der Waals surface area (Å²) in [5, 5.41) is 8.81. The fourth-order valence-corrected chi connectivity index (χ4v) is 2.64. The van der Waals surface area contributed by atoms with E-state index in [4.69, 9.17) is 9.84 Å². The van der Waals surface area contributed by atoms with Crippen molar-refractivity contribution in [2.24, 2.45) is 5.92 Å². The molecule has 5 heteroatoms. The summed E-state index contributed by atoms with van der Waals surface area (Å²) in [5.74, 6) is -1.38. The van der Waals surface area contributed by atoms with Crippen molar-refractivity contribution < 1.29 is 19.0 Å². The van der Waals surface area contributed by atoms with Crippen LogP contribution in [0.1, 0.15) is 29.3 Å². The molecule has 1 aromatic carbocycles. The number of rotatable bonds is 4. The fourth-order valence-electron chi connectivity index (χ4n) is 2.64. The van der Waals surface area contributed by atoms with Crippen LogP contribution in [0.5, 0.6) is 0 Å². The van der Waals surface area contributed by atoms with Crippen LogP contribution in [-0.2, 0) is 11.3 Å². The molecule has 20 heavy (non-hydrogen) atoms. The molecule has 0 radical (unpaired) electrons. The highest BCUT2D eigenvalue weighted by Gasteiger charge is 2.26. The number of carboxylic acid groups (broad SMARTS) is 1. The molecule has 0 aromatic heterocycles. The number of halogens is 1. The van der Waals surface area contributed by atoms with E-state index in [-0.39, 0.29) is 11.7 Å². The van der Waals surface area contributed by atoms with E-state index in [1.165, 1.54) is 12.1 Å². The van der Waals surface area contributed by atoms with E-state index in [2.05, 4.69) is 11.8 Å². The van der Waals surface area contributed by atoms with Crippen molar-refractivity contribution in [2.75, 3.05) is 20.2 Å². The summed E-state index contributed by atoms with van der Waals surface area (Å²) in [4.78, 5) is 13.0. The largest absolute Gasteiger partial charge is 0.478 e. The molecule has 1 heterocycles. The predicted octanol–water partition coefficient (Wildman–Crippen LogP) is 2.38. The van der Waals surface area contributed by atoms with Gasteiger partial charge in [0.1, 0.15) is 5.82 Å². The molecule has 2 atom stereocenters. The molecule has 0 bridgehead atoms. The highest BCUT2D eigenvalue weighted by molar-refractivity contribution is 5.87. The van der Waals surface area contributed by atoms with E-state index in [0.717, 1.165) is 25.1 Å². The second-order valence-electron chi connectivity index (χ2n) is 5.39. The van der Waals surface area contributed by atoms with Crippen molar-refractivity contribution in [1.29, 1.82) is 0 Å². The van der Waals surface area contributed by atoms with Gasteiger partial charge in [0, 0.05) is 20.2 Å². The van der Waals surface area contributed by atoms with Gasteiger partial charge in [-0.3, -0.25) is 4.90 Å². The monoisotopic (exact) mass is 281 g/mol. The second-order valence-corrected chi connectivity index (χ2v) is 5.39. The van der Waals surface area contributed by atoms with Gasteiger partial charge >= 0.3 is 5.97 Å². The van der Waals surface area contributed by atoms with Crippen LogP contribution >= 0.6 is 0 Å². The number of likely N-dealkylation sites (tertiary alicyclic amines) is 1. The molecule has 0 spiro atoms. The van der Waals surface area contributed by atoms with Gasteiger partial charge < -0.3 is 9.84 Å². The number of nitrogens with zero attached hydrogens (tertiary/aromatic N) is 1. The van der Waals surface area contributed by atoms with Crippen molar-refractivity contribution in [2.45, 2.75) is 26.0 Å². The van der Waals surface area contributed by atoms with E-state index in [0.29, 0.717) is 12.5 Å². The van der Waals surface area contributed by atoms with Gasteiger partial charge in [-0.2, -0.15) is 0 Å². The summed E-state index contributed by atoms with van der Waals surface area (Å²) in [5.41, 5.74) is 0.507. The molecule has 2 rings (SSSR count). The number of methoxy groups -OCH3 is 1. The van der Waals surface area contributed by atoms with Crippen LogP contribution in [-0.4, -0.2) is 42.3 Å². The van der Waals surface area contributed by atoms with Crippen LogP contribution in [0.15, 0.2) is 18.2 Å². The molecule has 1 aliphatic rings. The Labute approximate surface area is 118 Å². The summed E-state index contributed by atoms with van der Waals surface area (Å²) in [6, 6.07) is 4.31. The average molecular weight is 281 g/mol. The zero-order chi connectivity index (χ0) is 14.7. The minimum absolute atomic E-state index is 0.201. The third-order valence-electron chi connectivity index (χ3n) is 3.95. The molecule has 110 valence electrons. The first-order chi connectivity index (χ1) is 9.51. The number of aromatic carboxylic acids is 1. The summed E-state index contributed by atoms with van der Waals surface area (Å²) < 4.78 is 19.1. The number of carboxylic acids is 1. The number of piperidine rings is 1. The van der Waals surface area contributed by atoms with Crippen LogP contribution in [0.2, 0.25) is 0 Å². The third-order valence-corrected chi connectivity index (χ3v) is 3.95. The highest BCUT2D eigenvalue weighted by Crippen LogP contribution is 2.21. The summed E-state index contributed by atoms with van der Waals surface area (Å²) in [7, 11) is 1.71. The molecule has 1 N–H and O–H groups in total. The third kappa shape index (κ3) is 3.35. The van der Waals surface area contributed by atoms with Crippen LogP contribution in [0.25, 0.3) is 0 Å². The quantitative estimate of drug-likeness (QED) is 0.920. The van der Waals surface area contributed by atoms with Crippen molar-refractivity contribution in [3.8, 4) is 0 Å². The van der Waals surface area contributed by atoms with Crippen LogP contribution < -0.4 is 0 Å². The highest BCUT2D eigenvalue weighted by atomic mass is 19.1. The Bertz CT molecular complexity index is 492. The predicted molar refractivity (Wildman–Crippen MR) is 73.2 cm³/mol. The minimum atomic E-state index is -1.24. The second kappa shape index (κ2) is 6.33. The van der Waals surface area contributed by atoms with Gasteiger partial charge in [-0.25, -0.2) is 9.18 Å². The zero-order valence-corrected chi connectivity index (χ0v) is 11.8. The van der Waals surface area contributed by atoms with Crippen LogP contribution in [0.3, 0.4) is 0 Å². The molecule has 1 aromatic rings. The van der Waals surface area contributed by atoms with Gasteiger partial charge in [-0.1, -0.05) is 13.0 Å². The van der Waals surface area contributed by atoms with Gasteiger partial charge in [0.05, 0.1) is 11.7 Å². The molecule has 0 aliphatic carbocycles. The summed E-state index contributed by atoms with van der Waals surface area (Å²) >= 11 is 0.